The zero-order chi connectivity index (χ0) is 20.8. The van der Waals surface area contributed by atoms with Crippen molar-refractivity contribution in [3.63, 3.8) is 0 Å². The van der Waals surface area contributed by atoms with E-state index in [0.717, 1.165) is 33.6 Å². The molecule has 0 aliphatic heterocycles. The van der Waals surface area contributed by atoms with Crippen molar-refractivity contribution in [1.82, 2.24) is 0 Å². The maximum atomic E-state index is 6.26. The highest BCUT2D eigenvalue weighted by Crippen LogP contribution is 2.33. The Morgan fingerprint density at radius 1 is 0.500 bits per heavy atom. The van der Waals surface area contributed by atoms with Crippen molar-refractivity contribution in [3.8, 4) is 11.1 Å². The minimum Gasteiger partial charge on any atom is -0.397 e. The van der Waals surface area contributed by atoms with E-state index in [9.17, 15) is 0 Å². The molecule has 0 aromatic heterocycles. The molecule has 0 atom stereocenters. The zero-order valence-electron chi connectivity index (χ0n) is 16.4. The fourth-order valence-electron chi connectivity index (χ4n) is 3.05. The summed E-state index contributed by atoms with van der Waals surface area (Å²) in [5.41, 5.74) is 19.1. The lowest BCUT2D eigenvalue weighted by Crippen LogP contribution is -1.90. The Morgan fingerprint density at radius 3 is 1.63 bits per heavy atom. The average Bonchev–Trinajstić information content (AvgIpc) is 2.79. The first-order valence-electron chi connectivity index (χ1n) is 9.67. The molecule has 0 heterocycles. The van der Waals surface area contributed by atoms with Gasteiger partial charge in [0.1, 0.15) is 0 Å². The van der Waals surface area contributed by atoms with Crippen LogP contribution >= 0.6 is 0 Å². The lowest BCUT2D eigenvalue weighted by Gasteiger charge is -2.08. The van der Waals surface area contributed by atoms with Crippen LogP contribution in [0.1, 0.15) is 11.1 Å². The monoisotopic (exact) mass is 390 g/mol. The van der Waals surface area contributed by atoms with E-state index in [1.54, 1.807) is 0 Å². The quantitative estimate of drug-likeness (QED) is 0.323. The van der Waals surface area contributed by atoms with Crippen molar-refractivity contribution in [2.75, 3.05) is 11.5 Å². The second-order valence-electron chi connectivity index (χ2n) is 6.88. The molecule has 0 amide bonds. The fraction of sp³-hybridized carbons (Fsp3) is 0. The Kier molecular flexibility index (Phi) is 5.67. The summed E-state index contributed by atoms with van der Waals surface area (Å²) in [4.78, 5) is 9.07. The topological polar surface area (TPSA) is 76.8 Å². The normalized spacial score (nSPS) is 11.3. The Bertz CT molecular complexity index is 1200. The molecule has 0 unspecified atom stereocenters. The Morgan fingerprint density at radius 2 is 1.03 bits per heavy atom. The second kappa shape index (κ2) is 8.88. The number of benzene rings is 4. The van der Waals surface area contributed by atoms with Gasteiger partial charge in [-0.15, -0.1) is 0 Å². The standard InChI is InChI=1S/C26H22N4/c27-23-13-11-22(16-26(23)30-18-20-9-5-2-6-10-20)21-12-14-25(24(28)15-21)29-17-19-7-3-1-4-8-19/h1-18H,27-28H2/b29-17+,30-18-. The van der Waals surface area contributed by atoms with Gasteiger partial charge in [-0.25, -0.2) is 0 Å². The predicted octanol–water partition coefficient (Wildman–Crippen LogP) is 6.02. The Balaban J connectivity index is 1.59. The molecule has 0 saturated heterocycles. The molecular weight excluding hydrogens is 368 g/mol. The molecule has 4 N–H and O–H groups in total. The number of anilines is 2. The summed E-state index contributed by atoms with van der Waals surface area (Å²) in [5, 5.41) is 0. The van der Waals surface area contributed by atoms with Crippen LogP contribution in [0.15, 0.2) is 107 Å². The highest BCUT2D eigenvalue weighted by Gasteiger charge is 2.05. The molecule has 0 aliphatic rings. The van der Waals surface area contributed by atoms with E-state index in [4.69, 9.17) is 11.5 Å². The molecule has 30 heavy (non-hydrogen) atoms. The van der Waals surface area contributed by atoms with E-state index in [0.29, 0.717) is 11.4 Å². The van der Waals surface area contributed by atoms with Crippen LogP contribution in [0.3, 0.4) is 0 Å². The van der Waals surface area contributed by atoms with Gasteiger partial charge in [0.2, 0.25) is 0 Å². The minimum atomic E-state index is 0.617. The SMILES string of the molecule is Nc1ccc(-c2ccc(/N=C/c3ccccc3)c(N)c2)cc1/N=C\c1ccccc1. The van der Waals surface area contributed by atoms with Crippen molar-refractivity contribution < 1.29 is 0 Å². The molecule has 0 spiro atoms. The smallest absolute Gasteiger partial charge is 0.0865 e. The van der Waals surface area contributed by atoms with Gasteiger partial charge in [0.05, 0.1) is 22.7 Å². The van der Waals surface area contributed by atoms with Crippen LogP contribution in [0, 0.1) is 0 Å². The molecule has 146 valence electrons. The average molecular weight is 390 g/mol. The number of aliphatic imine (C=N–C) groups is 2. The van der Waals surface area contributed by atoms with Gasteiger partial charge in [-0.3, -0.25) is 9.98 Å². The van der Waals surface area contributed by atoms with Gasteiger partial charge >= 0.3 is 0 Å². The predicted molar refractivity (Wildman–Crippen MR) is 128 cm³/mol. The van der Waals surface area contributed by atoms with E-state index in [2.05, 4.69) is 9.98 Å². The minimum absolute atomic E-state index is 0.617. The van der Waals surface area contributed by atoms with E-state index in [1.165, 1.54) is 0 Å². The summed E-state index contributed by atoms with van der Waals surface area (Å²) >= 11 is 0. The second-order valence-corrected chi connectivity index (χ2v) is 6.88. The van der Waals surface area contributed by atoms with Crippen molar-refractivity contribution in [1.29, 1.82) is 0 Å². The number of rotatable bonds is 5. The van der Waals surface area contributed by atoms with Gasteiger partial charge in [-0.1, -0.05) is 72.8 Å². The summed E-state index contributed by atoms with van der Waals surface area (Å²) in [7, 11) is 0. The van der Waals surface area contributed by atoms with Crippen molar-refractivity contribution in [2.45, 2.75) is 0 Å². The highest BCUT2D eigenvalue weighted by molar-refractivity contribution is 5.87. The summed E-state index contributed by atoms with van der Waals surface area (Å²) in [6.45, 7) is 0. The summed E-state index contributed by atoms with van der Waals surface area (Å²) < 4.78 is 0. The summed E-state index contributed by atoms with van der Waals surface area (Å²) in [6.07, 6.45) is 3.62. The van der Waals surface area contributed by atoms with Crippen molar-refractivity contribution in [3.05, 3.63) is 108 Å². The van der Waals surface area contributed by atoms with Crippen LogP contribution in [-0.2, 0) is 0 Å². The van der Waals surface area contributed by atoms with Crippen LogP contribution in [0.5, 0.6) is 0 Å². The lowest BCUT2D eigenvalue weighted by molar-refractivity contribution is 1.49. The molecule has 4 nitrogen and oxygen atoms in total. The van der Waals surface area contributed by atoms with Crippen LogP contribution in [0.4, 0.5) is 22.7 Å². The zero-order valence-corrected chi connectivity index (χ0v) is 16.4. The molecular formula is C26H22N4. The van der Waals surface area contributed by atoms with Crippen molar-refractivity contribution >= 4 is 35.2 Å². The number of hydrogen-bond acceptors (Lipinski definition) is 4. The molecule has 0 aliphatic carbocycles. The van der Waals surface area contributed by atoms with Crippen molar-refractivity contribution in [2.24, 2.45) is 9.98 Å². The number of nitrogen functional groups attached to an aromatic ring is 2. The van der Waals surface area contributed by atoms with E-state index >= 15 is 0 Å². The molecule has 0 saturated carbocycles. The van der Waals surface area contributed by atoms with Gasteiger partial charge in [0.25, 0.3) is 0 Å². The third-order valence-electron chi connectivity index (χ3n) is 4.70. The molecule has 0 fully saturated rings. The third-order valence-corrected chi connectivity index (χ3v) is 4.70. The fourth-order valence-corrected chi connectivity index (χ4v) is 3.05. The van der Waals surface area contributed by atoms with Gasteiger partial charge in [0, 0.05) is 12.4 Å². The largest absolute Gasteiger partial charge is 0.397 e. The van der Waals surface area contributed by atoms with Gasteiger partial charge in [-0.2, -0.15) is 0 Å². The Hall–Kier alpha value is -4.18. The molecule has 4 aromatic rings. The van der Waals surface area contributed by atoms with Gasteiger partial charge in [-0.05, 0) is 46.5 Å². The maximum absolute atomic E-state index is 6.26. The Labute approximate surface area is 176 Å². The van der Waals surface area contributed by atoms with E-state index in [1.807, 2.05) is 109 Å². The first-order chi connectivity index (χ1) is 14.7. The number of nitrogens with zero attached hydrogens (tertiary/aromatic N) is 2. The molecule has 0 bridgehead atoms. The maximum Gasteiger partial charge on any atom is 0.0865 e. The molecule has 4 aromatic carbocycles. The van der Waals surface area contributed by atoms with Gasteiger partial charge < -0.3 is 11.5 Å². The highest BCUT2D eigenvalue weighted by atomic mass is 14.8. The van der Waals surface area contributed by atoms with Crippen LogP contribution in [0.2, 0.25) is 0 Å². The summed E-state index contributed by atoms with van der Waals surface area (Å²) in [5.74, 6) is 0. The lowest BCUT2D eigenvalue weighted by atomic mass is 10.0. The van der Waals surface area contributed by atoms with E-state index in [-0.39, 0.29) is 0 Å². The van der Waals surface area contributed by atoms with E-state index < -0.39 is 0 Å². The first-order valence-corrected chi connectivity index (χ1v) is 9.67. The molecule has 0 radical (unpaired) electrons. The van der Waals surface area contributed by atoms with Crippen LogP contribution < -0.4 is 11.5 Å². The van der Waals surface area contributed by atoms with Crippen LogP contribution in [0.25, 0.3) is 11.1 Å². The molecule has 4 heteroatoms. The van der Waals surface area contributed by atoms with Crippen LogP contribution in [-0.4, -0.2) is 12.4 Å². The summed E-state index contributed by atoms with van der Waals surface area (Å²) in [6, 6.07) is 31.5. The first kappa shape index (κ1) is 19.2. The van der Waals surface area contributed by atoms with Gasteiger partial charge in [0.15, 0.2) is 0 Å². The number of nitrogens with two attached hydrogens (primary N) is 2. The molecule has 4 rings (SSSR count). The third kappa shape index (κ3) is 4.62. The number of hydrogen-bond donors (Lipinski definition) is 2.